The highest BCUT2D eigenvalue weighted by atomic mass is 16.9. The summed E-state index contributed by atoms with van der Waals surface area (Å²) in [6, 6.07) is 8.14. The van der Waals surface area contributed by atoms with E-state index in [4.69, 9.17) is 19.4 Å². The van der Waals surface area contributed by atoms with Crippen molar-refractivity contribution in [1.82, 2.24) is 0 Å². The molecule has 144 valence electrons. The van der Waals surface area contributed by atoms with Gasteiger partial charge in [-0.05, 0) is 38.7 Å². The molecule has 1 saturated heterocycles. The molecule has 26 heavy (non-hydrogen) atoms. The SMILES string of the molecule is CC(=NOCCCCC1COC(C)(OC(=O)O)OC1)c1cccc(C)c1. The molecule has 7 nitrogen and oxygen atoms in total. The molecule has 1 aromatic carbocycles. The van der Waals surface area contributed by atoms with Gasteiger partial charge in [-0.1, -0.05) is 35.0 Å². The van der Waals surface area contributed by atoms with Crippen molar-refractivity contribution in [2.75, 3.05) is 19.8 Å². The van der Waals surface area contributed by atoms with Gasteiger partial charge in [-0.25, -0.2) is 4.79 Å². The van der Waals surface area contributed by atoms with Crippen molar-refractivity contribution in [3.05, 3.63) is 35.4 Å². The van der Waals surface area contributed by atoms with Gasteiger partial charge in [-0.2, -0.15) is 0 Å². The van der Waals surface area contributed by atoms with E-state index >= 15 is 0 Å². The monoisotopic (exact) mass is 365 g/mol. The van der Waals surface area contributed by atoms with Crippen LogP contribution in [0, 0.1) is 12.8 Å². The molecule has 0 unspecified atom stereocenters. The third-order valence-corrected chi connectivity index (χ3v) is 4.17. The van der Waals surface area contributed by atoms with E-state index in [1.54, 1.807) is 0 Å². The molecule has 1 aromatic rings. The second-order valence-corrected chi connectivity index (χ2v) is 6.59. The summed E-state index contributed by atoms with van der Waals surface area (Å²) < 4.78 is 15.3. The standard InChI is InChI=1S/C19H27NO6/c1-14-7-6-9-17(11-14)15(2)20-25-10-5-4-8-16-12-23-19(3,24-13-16)26-18(21)22/h6-7,9,11,16H,4-5,8,10,12-13H2,1-3H3,(H,21,22). The summed E-state index contributed by atoms with van der Waals surface area (Å²) >= 11 is 0. The minimum Gasteiger partial charge on any atom is -0.450 e. The Balaban J connectivity index is 1.60. The molecule has 1 N–H and O–H groups in total. The van der Waals surface area contributed by atoms with Gasteiger partial charge in [0.1, 0.15) is 6.61 Å². The fourth-order valence-corrected chi connectivity index (χ4v) is 2.68. The molecule has 0 spiro atoms. The Labute approximate surface area is 153 Å². The van der Waals surface area contributed by atoms with Gasteiger partial charge >= 0.3 is 12.1 Å². The molecule has 1 fully saturated rings. The Morgan fingerprint density at radius 3 is 2.73 bits per heavy atom. The van der Waals surface area contributed by atoms with Gasteiger partial charge in [0.25, 0.3) is 0 Å². The van der Waals surface area contributed by atoms with Gasteiger partial charge in [0.05, 0.1) is 18.9 Å². The molecular formula is C19H27NO6. The number of carboxylic acid groups (broad SMARTS) is 1. The quantitative estimate of drug-likeness (QED) is 0.325. The molecule has 2 rings (SSSR count). The molecule has 0 amide bonds. The summed E-state index contributed by atoms with van der Waals surface area (Å²) in [6.45, 7) is 6.82. The van der Waals surface area contributed by atoms with E-state index in [-0.39, 0.29) is 5.92 Å². The molecule has 0 aliphatic carbocycles. The Kier molecular flexibility index (Phi) is 7.41. The summed E-state index contributed by atoms with van der Waals surface area (Å²) in [5.41, 5.74) is 3.12. The van der Waals surface area contributed by atoms with Crippen molar-refractivity contribution in [2.45, 2.75) is 46.0 Å². The highest BCUT2D eigenvalue weighted by molar-refractivity contribution is 5.98. The van der Waals surface area contributed by atoms with Crippen molar-refractivity contribution < 1.29 is 28.9 Å². The lowest BCUT2D eigenvalue weighted by Crippen LogP contribution is -2.45. The van der Waals surface area contributed by atoms with Crippen molar-refractivity contribution >= 4 is 11.9 Å². The first-order valence-electron chi connectivity index (χ1n) is 8.81. The molecule has 0 saturated carbocycles. The van der Waals surface area contributed by atoms with Crippen LogP contribution in [0.1, 0.15) is 44.2 Å². The van der Waals surface area contributed by atoms with E-state index in [1.165, 1.54) is 12.5 Å². The topological polar surface area (TPSA) is 86.6 Å². The van der Waals surface area contributed by atoms with Crippen LogP contribution in [0.15, 0.2) is 29.4 Å². The van der Waals surface area contributed by atoms with Crippen LogP contribution in [-0.2, 0) is 19.0 Å². The Hall–Kier alpha value is -2.12. The van der Waals surface area contributed by atoms with Gasteiger partial charge in [0.15, 0.2) is 0 Å². The first-order chi connectivity index (χ1) is 12.4. The average molecular weight is 365 g/mol. The maximum Gasteiger partial charge on any atom is 0.510 e. The first-order valence-corrected chi connectivity index (χ1v) is 8.81. The molecule has 0 bridgehead atoms. The van der Waals surface area contributed by atoms with Crippen LogP contribution in [0.3, 0.4) is 0 Å². The van der Waals surface area contributed by atoms with E-state index in [2.05, 4.69) is 16.0 Å². The number of aryl methyl sites for hydroxylation is 1. The Bertz CT molecular complexity index is 622. The van der Waals surface area contributed by atoms with Crippen LogP contribution in [0.2, 0.25) is 0 Å². The largest absolute Gasteiger partial charge is 0.510 e. The number of oxime groups is 1. The zero-order valence-electron chi connectivity index (χ0n) is 15.6. The van der Waals surface area contributed by atoms with Crippen LogP contribution in [0.5, 0.6) is 0 Å². The molecule has 1 heterocycles. The number of benzene rings is 1. The third-order valence-electron chi connectivity index (χ3n) is 4.17. The zero-order valence-corrected chi connectivity index (χ0v) is 15.6. The third kappa shape index (κ3) is 6.65. The highest BCUT2D eigenvalue weighted by Gasteiger charge is 2.36. The fraction of sp³-hybridized carbons (Fsp3) is 0.579. The minimum absolute atomic E-state index is 0.220. The van der Waals surface area contributed by atoms with Crippen molar-refractivity contribution in [3.63, 3.8) is 0 Å². The lowest BCUT2D eigenvalue weighted by Gasteiger charge is -2.35. The van der Waals surface area contributed by atoms with E-state index in [0.29, 0.717) is 19.8 Å². The Morgan fingerprint density at radius 2 is 2.08 bits per heavy atom. The molecular weight excluding hydrogens is 338 g/mol. The van der Waals surface area contributed by atoms with Crippen LogP contribution in [-0.4, -0.2) is 42.8 Å². The number of carbonyl (C=O) groups is 1. The highest BCUT2D eigenvalue weighted by Crippen LogP contribution is 2.25. The van der Waals surface area contributed by atoms with E-state index in [1.807, 2.05) is 32.0 Å². The number of hydrogen-bond acceptors (Lipinski definition) is 6. The van der Waals surface area contributed by atoms with Crippen molar-refractivity contribution in [1.29, 1.82) is 0 Å². The maximum absolute atomic E-state index is 10.6. The van der Waals surface area contributed by atoms with E-state index in [9.17, 15) is 4.79 Å². The summed E-state index contributed by atoms with van der Waals surface area (Å²) in [7, 11) is 0. The summed E-state index contributed by atoms with van der Waals surface area (Å²) in [5, 5.41) is 12.8. The predicted molar refractivity (Wildman–Crippen MR) is 96.1 cm³/mol. The lowest BCUT2D eigenvalue weighted by atomic mass is 10.0. The number of unbranched alkanes of at least 4 members (excludes halogenated alkanes) is 1. The second kappa shape index (κ2) is 9.54. The zero-order chi connectivity index (χ0) is 19.0. The van der Waals surface area contributed by atoms with Gasteiger partial charge in [0, 0.05) is 12.8 Å². The summed E-state index contributed by atoms with van der Waals surface area (Å²) in [4.78, 5) is 16.0. The summed E-state index contributed by atoms with van der Waals surface area (Å²) in [6.07, 6.45) is 1.33. The summed E-state index contributed by atoms with van der Waals surface area (Å²) in [5.74, 6) is -1.27. The average Bonchev–Trinajstić information content (AvgIpc) is 2.58. The second-order valence-electron chi connectivity index (χ2n) is 6.59. The predicted octanol–water partition coefficient (Wildman–Crippen LogP) is 3.94. The molecule has 1 aliphatic rings. The van der Waals surface area contributed by atoms with Crippen LogP contribution >= 0.6 is 0 Å². The smallest absolute Gasteiger partial charge is 0.450 e. The molecule has 0 aromatic heterocycles. The number of ether oxygens (including phenoxy) is 3. The van der Waals surface area contributed by atoms with E-state index in [0.717, 1.165) is 30.5 Å². The van der Waals surface area contributed by atoms with Crippen LogP contribution in [0.25, 0.3) is 0 Å². The van der Waals surface area contributed by atoms with Gasteiger partial charge in [-0.15, -0.1) is 0 Å². The maximum atomic E-state index is 10.6. The number of rotatable bonds is 8. The number of hydrogen-bond donors (Lipinski definition) is 1. The Morgan fingerprint density at radius 1 is 1.35 bits per heavy atom. The normalized spacial score (nSPS) is 23.5. The van der Waals surface area contributed by atoms with Crippen LogP contribution < -0.4 is 0 Å². The van der Waals surface area contributed by atoms with Gasteiger partial charge in [0.2, 0.25) is 0 Å². The molecule has 1 aliphatic heterocycles. The first kappa shape index (κ1) is 20.2. The van der Waals surface area contributed by atoms with Crippen molar-refractivity contribution in [3.8, 4) is 0 Å². The molecule has 0 atom stereocenters. The molecule has 7 heteroatoms. The minimum atomic E-state index is -1.49. The molecule has 0 radical (unpaired) electrons. The van der Waals surface area contributed by atoms with Crippen LogP contribution in [0.4, 0.5) is 4.79 Å². The van der Waals surface area contributed by atoms with Crippen molar-refractivity contribution in [2.24, 2.45) is 11.1 Å². The van der Waals surface area contributed by atoms with Gasteiger partial charge in [-0.3, -0.25) is 0 Å². The van der Waals surface area contributed by atoms with Gasteiger partial charge < -0.3 is 24.2 Å². The van der Waals surface area contributed by atoms with E-state index < -0.39 is 12.1 Å². The lowest BCUT2D eigenvalue weighted by molar-refractivity contribution is -0.379. The number of nitrogens with zero attached hydrogens (tertiary/aromatic N) is 1. The fourth-order valence-electron chi connectivity index (χ4n) is 2.68.